The first-order valence-corrected chi connectivity index (χ1v) is 6.78. The molecule has 0 aromatic heterocycles. The largest absolute Gasteiger partial charge is 0.313 e. The van der Waals surface area contributed by atoms with Crippen LogP contribution in [0.25, 0.3) is 0 Å². The van der Waals surface area contributed by atoms with Gasteiger partial charge in [0.25, 0.3) is 0 Å². The van der Waals surface area contributed by atoms with E-state index in [1.165, 1.54) is 45.2 Å². The molecule has 1 saturated heterocycles. The minimum Gasteiger partial charge on any atom is -0.313 e. The second-order valence-electron chi connectivity index (χ2n) is 5.39. The third kappa shape index (κ3) is 2.73. The van der Waals surface area contributed by atoms with Gasteiger partial charge in [-0.1, -0.05) is 13.8 Å². The summed E-state index contributed by atoms with van der Waals surface area (Å²) in [6.07, 6.45) is 7.06. The molecule has 88 valence electrons. The molecular formula is C13H26N2. The summed E-state index contributed by atoms with van der Waals surface area (Å²) in [5, 5.41) is 3.69. The fourth-order valence-corrected chi connectivity index (χ4v) is 3.33. The SMILES string of the molecule is CCNC1CCC(C)CC1N1CCCC1. The van der Waals surface area contributed by atoms with Gasteiger partial charge in [0.2, 0.25) is 0 Å². The van der Waals surface area contributed by atoms with E-state index < -0.39 is 0 Å². The van der Waals surface area contributed by atoms with E-state index in [9.17, 15) is 0 Å². The van der Waals surface area contributed by atoms with Gasteiger partial charge in [0, 0.05) is 12.1 Å². The maximum Gasteiger partial charge on any atom is 0.0251 e. The number of rotatable bonds is 3. The molecule has 1 saturated carbocycles. The molecule has 1 aliphatic heterocycles. The number of nitrogens with zero attached hydrogens (tertiary/aromatic N) is 1. The molecule has 3 atom stereocenters. The van der Waals surface area contributed by atoms with E-state index in [-0.39, 0.29) is 0 Å². The van der Waals surface area contributed by atoms with Crippen LogP contribution < -0.4 is 5.32 Å². The Morgan fingerprint density at radius 1 is 1.20 bits per heavy atom. The van der Waals surface area contributed by atoms with Crippen LogP contribution in [-0.4, -0.2) is 36.6 Å². The van der Waals surface area contributed by atoms with Crippen molar-refractivity contribution in [3.05, 3.63) is 0 Å². The summed E-state index contributed by atoms with van der Waals surface area (Å²) in [4.78, 5) is 2.74. The number of likely N-dealkylation sites (tertiary alicyclic amines) is 1. The van der Waals surface area contributed by atoms with Crippen LogP contribution in [0.4, 0.5) is 0 Å². The van der Waals surface area contributed by atoms with Gasteiger partial charge >= 0.3 is 0 Å². The van der Waals surface area contributed by atoms with Crippen LogP contribution in [0.15, 0.2) is 0 Å². The summed E-state index contributed by atoms with van der Waals surface area (Å²) in [5.74, 6) is 0.936. The monoisotopic (exact) mass is 210 g/mol. The molecule has 0 spiro atoms. The molecular weight excluding hydrogens is 184 g/mol. The second-order valence-corrected chi connectivity index (χ2v) is 5.39. The highest BCUT2D eigenvalue weighted by molar-refractivity contribution is 4.91. The standard InChI is InChI=1S/C13H26N2/c1-3-14-12-7-6-11(2)10-13(12)15-8-4-5-9-15/h11-14H,3-10H2,1-2H3. The summed E-state index contributed by atoms with van der Waals surface area (Å²) < 4.78 is 0. The van der Waals surface area contributed by atoms with Crippen molar-refractivity contribution in [2.45, 2.75) is 58.0 Å². The van der Waals surface area contributed by atoms with Crippen molar-refractivity contribution in [2.75, 3.05) is 19.6 Å². The number of hydrogen-bond acceptors (Lipinski definition) is 2. The Balaban J connectivity index is 1.95. The van der Waals surface area contributed by atoms with Gasteiger partial charge in [0.1, 0.15) is 0 Å². The smallest absolute Gasteiger partial charge is 0.0251 e. The molecule has 0 aromatic rings. The summed E-state index contributed by atoms with van der Waals surface area (Å²) >= 11 is 0. The summed E-state index contributed by atoms with van der Waals surface area (Å²) in [7, 11) is 0. The van der Waals surface area contributed by atoms with E-state index in [0.717, 1.165) is 24.5 Å². The first-order valence-electron chi connectivity index (χ1n) is 6.78. The predicted molar refractivity (Wildman–Crippen MR) is 65.1 cm³/mol. The molecule has 2 rings (SSSR count). The second kappa shape index (κ2) is 5.31. The normalized spacial score (nSPS) is 38.4. The Bertz CT molecular complexity index is 187. The maximum absolute atomic E-state index is 3.69. The van der Waals surface area contributed by atoms with Crippen LogP contribution in [0.5, 0.6) is 0 Å². The topological polar surface area (TPSA) is 15.3 Å². The molecule has 1 N–H and O–H groups in total. The Labute approximate surface area is 94.4 Å². The van der Waals surface area contributed by atoms with Crippen molar-refractivity contribution in [2.24, 2.45) is 5.92 Å². The minimum atomic E-state index is 0.768. The van der Waals surface area contributed by atoms with E-state index in [2.05, 4.69) is 24.1 Å². The average molecular weight is 210 g/mol. The molecule has 2 fully saturated rings. The molecule has 2 aliphatic rings. The molecule has 0 aromatic carbocycles. The number of hydrogen-bond donors (Lipinski definition) is 1. The van der Waals surface area contributed by atoms with Crippen molar-refractivity contribution in [3.8, 4) is 0 Å². The van der Waals surface area contributed by atoms with Gasteiger partial charge in [0.05, 0.1) is 0 Å². The van der Waals surface area contributed by atoms with Crippen LogP contribution >= 0.6 is 0 Å². The molecule has 1 heterocycles. The van der Waals surface area contributed by atoms with Crippen molar-refractivity contribution < 1.29 is 0 Å². The lowest BCUT2D eigenvalue weighted by atomic mass is 9.82. The van der Waals surface area contributed by atoms with Gasteiger partial charge < -0.3 is 5.32 Å². The third-order valence-electron chi connectivity index (χ3n) is 4.15. The highest BCUT2D eigenvalue weighted by atomic mass is 15.2. The van der Waals surface area contributed by atoms with Crippen molar-refractivity contribution in [1.82, 2.24) is 10.2 Å². The minimum absolute atomic E-state index is 0.768. The molecule has 0 bridgehead atoms. The van der Waals surface area contributed by atoms with E-state index in [1.54, 1.807) is 0 Å². The average Bonchev–Trinajstić information content (AvgIpc) is 2.74. The van der Waals surface area contributed by atoms with E-state index in [4.69, 9.17) is 0 Å². The Kier molecular flexibility index (Phi) is 4.04. The summed E-state index contributed by atoms with van der Waals surface area (Å²) in [6, 6.07) is 1.60. The van der Waals surface area contributed by atoms with Gasteiger partial charge in [-0.3, -0.25) is 4.90 Å². The van der Waals surface area contributed by atoms with Gasteiger partial charge in [0.15, 0.2) is 0 Å². The zero-order valence-electron chi connectivity index (χ0n) is 10.3. The maximum atomic E-state index is 3.69. The Morgan fingerprint density at radius 2 is 1.93 bits per heavy atom. The number of nitrogens with one attached hydrogen (secondary N) is 1. The van der Waals surface area contributed by atoms with Gasteiger partial charge in [-0.2, -0.15) is 0 Å². The summed E-state index contributed by atoms with van der Waals surface area (Å²) in [5.41, 5.74) is 0. The fraction of sp³-hybridized carbons (Fsp3) is 1.00. The highest BCUT2D eigenvalue weighted by Gasteiger charge is 2.33. The van der Waals surface area contributed by atoms with Crippen molar-refractivity contribution >= 4 is 0 Å². The molecule has 0 radical (unpaired) electrons. The highest BCUT2D eigenvalue weighted by Crippen LogP contribution is 2.29. The molecule has 3 unspecified atom stereocenters. The number of likely N-dealkylation sites (N-methyl/N-ethyl adjacent to an activating group) is 1. The van der Waals surface area contributed by atoms with Crippen LogP contribution in [-0.2, 0) is 0 Å². The predicted octanol–water partition coefficient (Wildman–Crippen LogP) is 2.25. The molecule has 15 heavy (non-hydrogen) atoms. The zero-order valence-corrected chi connectivity index (χ0v) is 10.3. The van der Waals surface area contributed by atoms with Gasteiger partial charge in [-0.05, 0) is 57.7 Å². The molecule has 1 aliphatic carbocycles. The van der Waals surface area contributed by atoms with Crippen LogP contribution in [0.2, 0.25) is 0 Å². The lowest BCUT2D eigenvalue weighted by Gasteiger charge is -2.40. The molecule has 2 nitrogen and oxygen atoms in total. The lowest BCUT2D eigenvalue weighted by molar-refractivity contribution is 0.124. The summed E-state index contributed by atoms with van der Waals surface area (Å²) in [6.45, 7) is 8.48. The fourth-order valence-electron chi connectivity index (χ4n) is 3.33. The molecule has 0 amide bonds. The third-order valence-corrected chi connectivity index (χ3v) is 4.15. The van der Waals surface area contributed by atoms with E-state index in [1.807, 2.05) is 0 Å². The quantitative estimate of drug-likeness (QED) is 0.768. The van der Waals surface area contributed by atoms with E-state index >= 15 is 0 Å². The lowest BCUT2D eigenvalue weighted by Crippen LogP contribution is -2.52. The zero-order chi connectivity index (χ0) is 10.7. The Morgan fingerprint density at radius 3 is 2.60 bits per heavy atom. The van der Waals surface area contributed by atoms with Crippen LogP contribution in [0.3, 0.4) is 0 Å². The van der Waals surface area contributed by atoms with Gasteiger partial charge in [-0.15, -0.1) is 0 Å². The van der Waals surface area contributed by atoms with Crippen molar-refractivity contribution in [1.29, 1.82) is 0 Å². The first kappa shape index (κ1) is 11.4. The van der Waals surface area contributed by atoms with Crippen LogP contribution in [0.1, 0.15) is 46.0 Å². The van der Waals surface area contributed by atoms with Gasteiger partial charge in [-0.25, -0.2) is 0 Å². The van der Waals surface area contributed by atoms with Crippen molar-refractivity contribution in [3.63, 3.8) is 0 Å². The van der Waals surface area contributed by atoms with Crippen LogP contribution in [0, 0.1) is 5.92 Å². The molecule has 2 heteroatoms. The first-order chi connectivity index (χ1) is 7.31. The van der Waals surface area contributed by atoms with E-state index in [0.29, 0.717) is 0 Å². The Hall–Kier alpha value is -0.0800.